The minimum absolute atomic E-state index is 0.0518. The van der Waals surface area contributed by atoms with Crippen LogP contribution >= 0.6 is 11.6 Å². The monoisotopic (exact) mass is 431 g/mol. The van der Waals surface area contributed by atoms with Crippen molar-refractivity contribution in [1.82, 2.24) is 19.5 Å². The van der Waals surface area contributed by atoms with E-state index >= 15 is 0 Å². The topological polar surface area (TPSA) is 119 Å². The second kappa shape index (κ2) is 8.87. The second-order valence-electron chi connectivity index (χ2n) is 6.11. The van der Waals surface area contributed by atoms with Crippen molar-refractivity contribution in [3.63, 3.8) is 0 Å². The first kappa shape index (κ1) is 21.2. The number of imidazole rings is 1. The number of methoxy groups -OCH3 is 3. The van der Waals surface area contributed by atoms with Gasteiger partial charge in [-0.05, 0) is 18.5 Å². The first-order chi connectivity index (χ1) is 14.4. The van der Waals surface area contributed by atoms with Crippen molar-refractivity contribution in [2.75, 3.05) is 39.0 Å². The van der Waals surface area contributed by atoms with Gasteiger partial charge in [-0.1, -0.05) is 0 Å². The van der Waals surface area contributed by atoms with Gasteiger partial charge in [-0.2, -0.15) is 9.97 Å². The molecule has 3 rings (SSSR count). The highest BCUT2D eigenvalue weighted by Gasteiger charge is 2.17. The average Bonchev–Trinajstić information content (AvgIpc) is 3.20. The SMILES string of the molecule is CNc1nc(Cl)nc(Nc2cn(-c3cc(OC)c(OC)c(OC)c3)cn2)c1C(C)=N. The Hall–Kier alpha value is -3.53. The summed E-state index contributed by atoms with van der Waals surface area (Å²) in [6.07, 6.45) is 3.39. The van der Waals surface area contributed by atoms with Crippen LogP contribution in [0.3, 0.4) is 0 Å². The van der Waals surface area contributed by atoms with E-state index in [-0.39, 0.29) is 11.0 Å². The van der Waals surface area contributed by atoms with Crippen LogP contribution in [0.15, 0.2) is 24.7 Å². The zero-order chi connectivity index (χ0) is 21.8. The molecule has 0 amide bonds. The highest BCUT2D eigenvalue weighted by molar-refractivity contribution is 6.28. The molecule has 0 saturated carbocycles. The Morgan fingerprint density at radius 2 is 1.70 bits per heavy atom. The fraction of sp³-hybridized carbons (Fsp3) is 0.263. The van der Waals surface area contributed by atoms with E-state index in [0.29, 0.717) is 40.3 Å². The molecule has 0 aliphatic heterocycles. The zero-order valence-corrected chi connectivity index (χ0v) is 18.0. The first-order valence-electron chi connectivity index (χ1n) is 8.84. The molecule has 0 fully saturated rings. The van der Waals surface area contributed by atoms with Crippen LogP contribution in [0.1, 0.15) is 12.5 Å². The van der Waals surface area contributed by atoms with Gasteiger partial charge in [0.1, 0.15) is 23.8 Å². The molecule has 11 heteroatoms. The lowest BCUT2D eigenvalue weighted by Gasteiger charge is -2.14. The fourth-order valence-corrected chi connectivity index (χ4v) is 3.10. The Morgan fingerprint density at radius 3 is 2.23 bits per heavy atom. The van der Waals surface area contributed by atoms with E-state index in [1.807, 2.05) is 0 Å². The Kier molecular flexibility index (Phi) is 6.26. The van der Waals surface area contributed by atoms with Gasteiger partial charge in [-0.3, -0.25) is 0 Å². The summed E-state index contributed by atoms with van der Waals surface area (Å²) in [7, 11) is 6.37. The third-order valence-electron chi connectivity index (χ3n) is 4.27. The number of aromatic nitrogens is 4. The molecule has 0 bridgehead atoms. The average molecular weight is 432 g/mol. The van der Waals surface area contributed by atoms with Gasteiger partial charge in [0, 0.05) is 24.9 Å². The van der Waals surface area contributed by atoms with Crippen LogP contribution in [0.2, 0.25) is 5.28 Å². The quantitative estimate of drug-likeness (QED) is 0.366. The Bertz CT molecular complexity index is 1060. The normalized spacial score (nSPS) is 10.5. The lowest BCUT2D eigenvalue weighted by atomic mass is 10.2. The summed E-state index contributed by atoms with van der Waals surface area (Å²) >= 11 is 6.03. The number of hydrogen-bond donors (Lipinski definition) is 3. The minimum Gasteiger partial charge on any atom is -0.493 e. The molecular formula is C19H22ClN7O3. The minimum atomic E-state index is 0.0518. The molecule has 0 aliphatic carbocycles. The van der Waals surface area contributed by atoms with Crippen LogP contribution in [0.4, 0.5) is 17.5 Å². The third kappa shape index (κ3) is 4.08. The van der Waals surface area contributed by atoms with Crippen molar-refractivity contribution >= 4 is 34.8 Å². The van der Waals surface area contributed by atoms with Gasteiger partial charge in [0.05, 0.1) is 38.8 Å². The predicted molar refractivity (Wildman–Crippen MR) is 116 cm³/mol. The van der Waals surface area contributed by atoms with E-state index in [0.717, 1.165) is 5.69 Å². The molecule has 3 aromatic rings. The van der Waals surface area contributed by atoms with E-state index < -0.39 is 0 Å². The van der Waals surface area contributed by atoms with Crippen molar-refractivity contribution in [1.29, 1.82) is 5.41 Å². The molecule has 2 heterocycles. The first-order valence-corrected chi connectivity index (χ1v) is 9.21. The van der Waals surface area contributed by atoms with E-state index in [4.69, 9.17) is 31.2 Å². The number of ether oxygens (including phenoxy) is 3. The summed E-state index contributed by atoms with van der Waals surface area (Å²) in [5.41, 5.74) is 1.54. The van der Waals surface area contributed by atoms with Crippen molar-refractivity contribution in [3.8, 4) is 22.9 Å². The molecule has 0 radical (unpaired) electrons. The van der Waals surface area contributed by atoms with Gasteiger partial charge in [0.15, 0.2) is 11.5 Å². The predicted octanol–water partition coefficient (Wildman–Crippen LogP) is 3.51. The summed E-state index contributed by atoms with van der Waals surface area (Å²) in [5, 5.41) is 14.1. The molecule has 0 aliphatic rings. The van der Waals surface area contributed by atoms with Crippen LogP contribution in [-0.2, 0) is 0 Å². The van der Waals surface area contributed by atoms with E-state index in [1.165, 1.54) is 0 Å². The van der Waals surface area contributed by atoms with Gasteiger partial charge in [0.25, 0.3) is 0 Å². The van der Waals surface area contributed by atoms with Gasteiger partial charge in [0.2, 0.25) is 11.0 Å². The van der Waals surface area contributed by atoms with E-state index in [2.05, 4.69) is 25.6 Å². The Balaban J connectivity index is 1.99. The number of nitrogens with one attached hydrogen (secondary N) is 3. The van der Waals surface area contributed by atoms with Crippen molar-refractivity contribution in [2.45, 2.75) is 6.92 Å². The summed E-state index contributed by atoms with van der Waals surface area (Å²) in [5.74, 6) is 2.89. The third-order valence-corrected chi connectivity index (χ3v) is 4.44. The van der Waals surface area contributed by atoms with Crippen LogP contribution in [0.5, 0.6) is 17.2 Å². The second-order valence-corrected chi connectivity index (χ2v) is 6.45. The lowest BCUT2D eigenvalue weighted by Crippen LogP contribution is -2.09. The number of benzene rings is 1. The molecule has 0 atom stereocenters. The van der Waals surface area contributed by atoms with Gasteiger partial charge in [-0.15, -0.1) is 0 Å². The molecule has 30 heavy (non-hydrogen) atoms. The van der Waals surface area contributed by atoms with Gasteiger partial charge < -0.3 is 34.8 Å². The molecule has 10 nitrogen and oxygen atoms in total. The summed E-state index contributed by atoms with van der Waals surface area (Å²) < 4.78 is 18.0. The van der Waals surface area contributed by atoms with Crippen LogP contribution in [0.25, 0.3) is 5.69 Å². The molecule has 158 valence electrons. The molecular weight excluding hydrogens is 410 g/mol. The Labute approximate surface area is 178 Å². The van der Waals surface area contributed by atoms with Crippen molar-refractivity contribution in [2.24, 2.45) is 0 Å². The molecule has 2 aromatic heterocycles. The fourth-order valence-electron chi connectivity index (χ4n) is 2.93. The summed E-state index contributed by atoms with van der Waals surface area (Å²) in [6.45, 7) is 1.65. The van der Waals surface area contributed by atoms with Crippen LogP contribution in [-0.4, -0.2) is 53.6 Å². The molecule has 0 unspecified atom stereocenters. The summed E-state index contributed by atoms with van der Waals surface area (Å²) in [4.78, 5) is 12.7. The van der Waals surface area contributed by atoms with Crippen molar-refractivity contribution in [3.05, 3.63) is 35.5 Å². The summed E-state index contributed by atoms with van der Waals surface area (Å²) in [6, 6.07) is 3.61. The maximum atomic E-state index is 8.06. The van der Waals surface area contributed by atoms with Crippen molar-refractivity contribution < 1.29 is 14.2 Å². The molecule has 0 saturated heterocycles. The molecule has 1 aromatic carbocycles. The molecule has 3 N–H and O–H groups in total. The number of nitrogens with zero attached hydrogens (tertiary/aromatic N) is 4. The van der Waals surface area contributed by atoms with Crippen LogP contribution in [0, 0.1) is 5.41 Å². The van der Waals surface area contributed by atoms with Gasteiger partial charge in [-0.25, -0.2) is 4.98 Å². The molecule has 0 spiro atoms. The van der Waals surface area contributed by atoms with E-state index in [1.54, 1.807) is 64.5 Å². The standard InChI is InChI=1S/C19H22ClN7O3/c1-10(21)15-17(22-2)25-19(20)26-18(15)24-14-8-27(9-23-14)11-6-12(28-3)16(30-5)13(7-11)29-4/h6-9,21H,1-5H3,(H2,22,24,25,26). The highest BCUT2D eigenvalue weighted by atomic mass is 35.5. The Morgan fingerprint density at radius 1 is 1.07 bits per heavy atom. The maximum absolute atomic E-state index is 8.06. The highest BCUT2D eigenvalue weighted by Crippen LogP contribution is 2.39. The largest absolute Gasteiger partial charge is 0.493 e. The number of halogens is 1. The smallest absolute Gasteiger partial charge is 0.226 e. The number of anilines is 3. The van der Waals surface area contributed by atoms with Gasteiger partial charge >= 0.3 is 0 Å². The number of hydrogen-bond acceptors (Lipinski definition) is 9. The number of rotatable bonds is 8. The zero-order valence-electron chi connectivity index (χ0n) is 17.2. The van der Waals surface area contributed by atoms with Crippen LogP contribution < -0.4 is 24.8 Å². The lowest BCUT2D eigenvalue weighted by molar-refractivity contribution is 0.324. The van der Waals surface area contributed by atoms with E-state index in [9.17, 15) is 0 Å². The maximum Gasteiger partial charge on any atom is 0.226 e.